The first-order valence-corrected chi connectivity index (χ1v) is 10.2. The number of Topliss-reactive ketones (excluding diaryl/α,β-unsaturated/α-hetero) is 1. The van der Waals surface area contributed by atoms with E-state index < -0.39 is 5.54 Å². The lowest BCUT2D eigenvalue weighted by Gasteiger charge is -2.19. The minimum Gasteiger partial charge on any atom is -0.488 e. The van der Waals surface area contributed by atoms with Crippen LogP contribution in [0.25, 0.3) is 0 Å². The monoisotopic (exact) mass is 415 g/mol. The summed E-state index contributed by atoms with van der Waals surface area (Å²) in [5.74, 6) is 1.88. The normalized spacial score (nSPS) is 12.8. The standard InChI is InChI=1S/C26H25NO4/c1-26(2,15-20-12-13-24-25(14-20)31-18-30-24)27-16-22(28)21-10-6-7-11-23(21)29-17-19-8-4-3-5-9-19/h3-14,16H,15,17-18H2,1-2H3/b27-16+. The van der Waals surface area contributed by atoms with Gasteiger partial charge in [0.15, 0.2) is 11.5 Å². The molecule has 0 bridgehead atoms. The van der Waals surface area contributed by atoms with Crippen LogP contribution in [0.5, 0.6) is 17.2 Å². The molecule has 3 aromatic carbocycles. The van der Waals surface area contributed by atoms with E-state index in [1.807, 2.05) is 80.6 Å². The van der Waals surface area contributed by atoms with Crippen LogP contribution in [0.15, 0.2) is 77.8 Å². The lowest BCUT2D eigenvalue weighted by Crippen LogP contribution is -2.21. The van der Waals surface area contributed by atoms with Gasteiger partial charge < -0.3 is 14.2 Å². The van der Waals surface area contributed by atoms with E-state index in [0.717, 1.165) is 22.6 Å². The molecule has 3 aromatic rings. The van der Waals surface area contributed by atoms with Crippen molar-refractivity contribution in [2.45, 2.75) is 32.4 Å². The summed E-state index contributed by atoms with van der Waals surface area (Å²) in [5, 5.41) is 0. The number of ketones is 1. The molecular formula is C26H25NO4. The fourth-order valence-corrected chi connectivity index (χ4v) is 3.43. The van der Waals surface area contributed by atoms with Crippen molar-refractivity contribution in [1.29, 1.82) is 0 Å². The van der Waals surface area contributed by atoms with Crippen molar-refractivity contribution in [3.8, 4) is 17.2 Å². The predicted octanol–water partition coefficient (Wildman–Crippen LogP) is 5.27. The average molecular weight is 415 g/mol. The second-order valence-electron chi connectivity index (χ2n) is 8.07. The van der Waals surface area contributed by atoms with E-state index in [9.17, 15) is 4.79 Å². The Morgan fingerprint density at radius 2 is 1.71 bits per heavy atom. The molecule has 0 saturated heterocycles. The first kappa shape index (κ1) is 20.7. The van der Waals surface area contributed by atoms with Crippen LogP contribution in [-0.4, -0.2) is 24.3 Å². The number of rotatable bonds is 8. The summed E-state index contributed by atoms with van der Waals surface area (Å²) in [6.07, 6.45) is 2.07. The van der Waals surface area contributed by atoms with Gasteiger partial charge in [-0.15, -0.1) is 0 Å². The predicted molar refractivity (Wildman–Crippen MR) is 120 cm³/mol. The summed E-state index contributed by atoms with van der Waals surface area (Å²) in [4.78, 5) is 17.4. The van der Waals surface area contributed by atoms with Gasteiger partial charge in [0, 0.05) is 0 Å². The van der Waals surface area contributed by atoms with Gasteiger partial charge in [-0.25, -0.2) is 0 Å². The van der Waals surface area contributed by atoms with Crippen LogP contribution in [-0.2, 0) is 13.0 Å². The number of benzene rings is 3. The number of fused-ring (bicyclic) bond motifs is 1. The van der Waals surface area contributed by atoms with Gasteiger partial charge in [0.1, 0.15) is 12.4 Å². The zero-order chi connectivity index (χ0) is 21.7. The Labute approximate surface area is 182 Å². The van der Waals surface area contributed by atoms with Crippen LogP contribution < -0.4 is 14.2 Å². The molecule has 1 aliphatic heterocycles. The molecule has 158 valence electrons. The van der Waals surface area contributed by atoms with E-state index in [-0.39, 0.29) is 12.6 Å². The Bertz CT molecular complexity index is 1090. The Kier molecular flexibility index (Phi) is 6.03. The van der Waals surface area contributed by atoms with Crippen LogP contribution in [0.4, 0.5) is 0 Å². The maximum absolute atomic E-state index is 12.9. The number of hydrogen-bond acceptors (Lipinski definition) is 5. The molecule has 0 N–H and O–H groups in total. The molecule has 0 fully saturated rings. The highest BCUT2D eigenvalue weighted by atomic mass is 16.7. The summed E-state index contributed by atoms with van der Waals surface area (Å²) in [5.41, 5.74) is 2.17. The summed E-state index contributed by atoms with van der Waals surface area (Å²) in [7, 11) is 0. The van der Waals surface area contributed by atoms with E-state index in [1.54, 1.807) is 6.07 Å². The number of nitrogens with zero attached hydrogens (tertiary/aromatic N) is 1. The third-order valence-corrected chi connectivity index (χ3v) is 4.99. The number of carbonyl (C=O) groups is 1. The molecule has 0 saturated carbocycles. The average Bonchev–Trinajstić information content (AvgIpc) is 3.25. The van der Waals surface area contributed by atoms with Crippen molar-refractivity contribution < 1.29 is 19.0 Å². The van der Waals surface area contributed by atoms with Gasteiger partial charge in [0.2, 0.25) is 12.6 Å². The molecule has 0 atom stereocenters. The number of aliphatic imine (C=N–C) groups is 1. The second-order valence-corrected chi connectivity index (χ2v) is 8.07. The summed E-state index contributed by atoms with van der Waals surface area (Å²) in [6, 6.07) is 23.0. The lowest BCUT2D eigenvalue weighted by molar-refractivity contribution is 0.106. The van der Waals surface area contributed by atoms with Gasteiger partial charge in [-0.2, -0.15) is 0 Å². The Hall–Kier alpha value is -3.60. The number of ether oxygens (including phenoxy) is 3. The largest absolute Gasteiger partial charge is 0.488 e. The van der Waals surface area contributed by atoms with Crippen LogP contribution >= 0.6 is 0 Å². The molecular weight excluding hydrogens is 390 g/mol. The Morgan fingerprint density at radius 1 is 0.968 bits per heavy atom. The Balaban J connectivity index is 1.43. The van der Waals surface area contributed by atoms with Gasteiger partial charge in [0.05, 0.1) is 17.3 Å². The van der Waals surface area contributed by atoms with Crippen molar-refractivity contribution in [2.24, 2.45) is 4.99 Å². The van der Waals surface area contributed by atoms with Crippen LogP contribution in [0.3, 0.4) is 0 Å². The Morgan fingerprint density at radius 3 is 2.55 bits per heavy atom. The van der Waals surface area contributed by atoms with Crippen molar-refractivity contribution in [3.63, 3.8) is 0 Å². The van der Waals surface area contributed by atoms with Crippen molar-refractivity contribution in [3.05, 3.63) is 89.5 Å². The van der Waals surface area contributed by atoms with Crippen molar-refractivity contribution >= 4 is 12.0 Å². The molecule has 0 radical (unpaired) electrons. The van der Waals surface area contributed by atoms with Crippen LogP contribution in [0.1, 0.15) is 35.3 Å². The van der Waals surface area contributed by atoms with E-state index >= 15 is 0 Å². The summed E-state index contributed by atoms with van der Waals surface area (Å²) < 4.78 is 16.7. The van der Waals surface area contributed by atoms with Crippen LogP contribution in [0, 0.1) is 0 Å². The third-order valence-electron chi connectivity index (χ3n) is 4.99. The van der Waals surface area contributed by atoms with Crippen molar-refractivity contribution in [1.82, 2.24) is 0 Å². The molecule has 5 heteroatoms. The van der Waals surface area contributed by atoms with E-state index in [4.69, 9.17) is 14.2 Å². The van der Waals surface area contributed by atoms with E-state index in [0.29, 0.717) is 24.3 Å². The summed E-state index contributed by atoms with van der Waals surface area (Å²) >= 11 is 0. The fourth-order valence-electron chi connectivity index (χ4n) is 3.43. The zero-order valence-corrected chi connectivity index (χ0v) is 17.7. The molecule has 0 amide bonds. The molecule has 0 unspecified atom stereocenters. The van der Waals surface area contributed by atoms with Gasteiger partial charge in [-0.3, -0.25) is 9.79 Å². The minimum absolute atomic E-state index is 0.178. The highest BCUT2D eigenvalue weighted by molar-refractivity contribution is 6.36. The number of carbonyl (C=O) groups excluding carboxylic acids is 1. The molecule has 0 aliphatic carbocycles. The SMILES string of the molecule is CC(C)(Cc1ccc2c(c1)OCO2)/N=C/C(=O)c1ccccc1OCc1ccccc1. The maximum Gasteiger partial charge on any atom is 0.231 e. The van der Waals surface area contributed by atoms with Gasteiger partial charge in [0.25, 0.3) is 0 Å². The van der Waals surface area contributed by atoms with E-state index in [2.05, 4.69) is 4.99 Å². The zero-order valence-electron chi connectivity index (χ0n) is 17.7. The number of hydrogen-bond donors (Lipinski definition) is 0. The molecule has 4 rings (SSSR count). The molecule has 0 aromatic heterocycles. The molecule has 5 nitrogen and oxygen atoms in total. The topological polar surface area (TPSA) is 57.1 Å². The lowest BCUT2D eigenvalue weighted by atomic mass is 9.95. The van der Waals surface area contributed by atoms with Gasteiger partial charge in [-0.05, 0) is 55.7 Å². The third kappa shape index (κ3) is 5.31. The first-order valence-electron chi connectivity index (χ1n) is 10.2. The quantitative estimate of drug-likeness (QED) is 0.372. The highest BCUT2D eigenvalue weighted by Gasteiger charge is 2.20. The molecule has 1 aliphatic rings. The minimum atomic E-state index is -0.455. The van der Waals surface area contributed by atoms with Crippen molar-refractivity contribution in [2.75, 3.05) is 6.79 Å². The van der Waals surface area contributed by atoms with E-state index in [1.165, 1.54) is 6.21 Å². The molecule has 31 heavy (non-hydrogen) atoms. The van der Waals surface area contributed by atoms with Crippen LogP contribution in [0.2, 0.25) is 0 Å². The first-order chi connectivity index (χ1) is 15.0. The second kappa shape index (κ2) is 9.04. The molecule has 0 spiro atoms. The van der Waals surface area contributed by atoms with Gasteiger partial charge >= 0.3 is 0 Å². The highest BCUT2D eigenvalue weighted by Crippen LogP contribution is 2.33. The molecule has 1 heterocycles. The maximum atomic E-state index is 12.9. The van der Waals surface area contributed by atoms with Gasteiger partial charge in [-0.1, -0.05) is 48.5 Å². The smallest absolute Gasteiger partial charge is 0.231 e. The summed E-state index contributed by atoms with van der Waals surface area (Å²) in [6.45, 7) is 4.65. The fraction of sp³-hybridized carbons (Fsp3) is 0.231. The number of para-hydroxylation sites is 1.